The van der Waals surface area contributed by atoms with Gasteiger partial charge >= 0.3 is 5.97 Å². The van der Waals surface area contributed by atoms with Gasteiger partial charge in [-0.3, -0.25) is 4.79 Å². The molecule has 0 spiro atoms. The lowest BCUT2D eigenvalue weighted by Crippen LogP contribution is -2.47. The number of nitrogens with zero attached hydrogens (tertiary/aromatic N) is 3. The maximum Gasteiger partial charge on any atom is 0.326 e. The van der Waals surface area contributed by atoms with Gasteiger partial charge in [-0.15, -0.1) is 0 Å². The van der Waals surface area contributed by atoms with Crippen LogP contribution in [0.2, 0.25) is 0 Å². The van der Waals surface area contributed by atoms with E-state index < -0.39 is 12.0 Å². The smallest absolute Gasteiger partial charge is 0.326 e. The maximum absolute atomic E-state index is 11.3. The zero-order chi connectivity index (χ0) is 11.0. The number of rotatable bonds is 1. The average molecular weight is 208 g/mol. The lowest BCUT2D eigenvalue weighted by atomic mass is 10.0. The van der Waals surface area contributed by atoms with Crippen LogP contribution < -0.4 is 5.32 Å². The summed E-state index contributed by atoms with van der Waals surface area (Å²) < 4.78 is 0. The molecule has 15 heavy (non-hydrogen) atoms. The molecule has 0 bridgehead atoms. The quantitative estimate of drug-likeness (QED) is 0.633. The highest BCUT2D eigenvalue weighted by molar-refractivity contribution is 5.84. The summed E-state index contributed by atoms with van der Waals surface area (Å²) in [5.41, 5.74) is 1.38. The molecular formula is C9H10N3O3. The topological polar surface area (TPSA) is 84.1 Å². The lowest BCUT2D eigenvalue weighted by Gasteiger charge is -2.31. The van der Waals surface area contributed by atoms with E-state index in [9.17, 15) is 9.59 Å². The van der Waals surface area contributed by atoms with Crippen LogP contribution in [-0.2, 0) is 9.59 Å². The van der Waals surface area contributed by atoms with Gasteiger partial charge in [-0.1, -0.05) is 0 Å². The largest absolute Gasteiger partial charge is 0.480 e. The summed E-state index contributed by atoms with van der Waals surface area (Å²) >= 11 is 0. The van der Waals surface area contributed by atoms with Crippen LogP contribution in [0.25, 0.3) is 0 Å². The summed E-state index contributed by atoms with van der Waals surface area (Å²) in [6.07, 6.45) is 1.64. The Hall–Kier alpha value is -1.85. The fraction of sp³-hybridized carbons (Fsp3) is 0.444. The minimum Gasteiger partial charge on any atom is -0.480 e. The van der Waals surface area contributed by atoms with Gasteiger partial charge < -0.3 is 10.0 Å². The molecule has 0 aromatic heterocycles. The Morgan fingerprint density at radius 1 is 1.53 bits per heavy atom. The molecule has 0 aliphatic carbocycles. The molecule has 0 aromatic carbocycles. The van der Waals surface area contributed by atoms with Crippen LogP contribution in [0, 0.1) is 0 Å². The van der Waals surface area contributed by atoms with Gasteiger partial charge in [0.25, 0.3) is 0 Å². The molecule has 1 amide bonds. The normalized spacial score (nSPS) is 23.8. The van der Waals surface area contributed by atoms with Crippen LogP contribution in [0.5, 0.6) is 0 Å². The summed E-state index contributed by atoms with van der Waals surface area (Å²) in [6, 6.07) is -0.813. The van der Waals surface area contributed by atoms with E-state index in [0.717, 1.165) is 0 Å². The van der Waals surface area contributed by atoms with E-state index >= 15 is 0 Å². The van der Waals surface area contributed by atoms with Crippen LogP contribution in [0.4, 0.5) is 0 Å². The number of amides is 1. The second kappa shape index (κ2) is 3.38. The van der Waals surface area contributed by atoms with E-state index in [1.165, 1.54) is 18.2 Å². The molecule has 6 nitrogen and oxygen atoms in total. The number of aliphatic carboxylic acids is 1. The van der Waals surface area contributed by atoms with Crippen LogP contribution in [0.3, 0.4) is 0 Å². The molecule has 79 valence electrons. The van der Waals surface area contributed by atoms with Gasteiger partial charge in [0.2, 0.25) is 5.91 Å². The summed E-state index contributed by atoms with van der Waals surface area (Å²) in [4.78, 5) is 27.5. The van der Waals surface area contributed by atoms with Gasteiger partial charge in [0.05, 0.1) is 17.9 Å². The third-order valence-corrected chi connectivity index (χ3v) is 2.53. The van der Waals surface area contributed by atoms with Crippen molar-refractivity contribution in [3.63, 3.8) is 0 Å². The zero-order valence-corrected chi connectivity index (χ0v) is 8.17. The van der Waals surface area contributed by atoms with Crippen molar-refractivity contribution >= 4 is 18.2 Å². The molecule has 2 aliphatic rings. The van der Waals surface area contributed by atoms with Crippen molar-refractivity contribution in [1.29, 1.82) is 0 Å². The highest BCUT2D eigenvalue weighted by Gasteiger charge is 2.35. The average Bonchev–Trinajstić information content (AvgIpc) is 2.61. The molecule has 2 heterocycles. The Kier molecular flexibility index (Phi) is 2.18. The monoisotopic (exact) mass is 208 g/mol. The van der Waals surface area contributed by atoms with Crippen LogP contribution in [0.1, 0.15) is 13.3 Å². The van der Waals surface area contributed by atoms with Crippen molar-refractivity contribution < 1.29 is 14.7 Å². The van der Waals surface area contributed by atoms with Crippen molar-refractivity contribution in [2.45, 2.75) is 19.4 Å². The predicted molar refractivity (Wildman–Crippen MR) is 51.1 cm³/mol. The first-order chi connectivity index (χ1) is 7.09. The molecule has 0 saturated heterocycles. The second-order valence-electron chi connectivity index (χ2n) is 3.47. The number of hydrogen-bond acceptors (Lipinski definition) is 3. The number of aliphatic imine (C=N–C) groups is 1. The number of carboxylic acid groups (broad SMARTS) is 1. The van der Waals surface area contributed by atoms with Gasteiger partial charge in [0.15, 0.2) is 0 Å². The van der Waals surface area contributed by atoms with Gasteiger partial charge in [0.1, 0.15) is 12.4 Å². The summed E-state index contributed by atoms with van der Waals surface area (Å²) in [5.74, 6) is -1.25. The van der Waals surface area contributed by atoms with Gasteiger partial charge in [0, 0.05) is 13.3 Å². The molecule has 0 fully saturated rings. The Morgan fingerprint density at radius 3 is 2.87 bits per heavy atom. The first-order valence-corrected chi connectivity index (χ1v) is 4.55. The Morgan fingerprint density at radius 2 is 2.27 bits per heavy atom. The van der Waals surface area contributed by atoms with Crippen molar-refractivity contribution in [3.8, 4) is 0 Å². The molecule has 0 aromatic rings. The highest BCUT2D eigenvalue weighted by atomic mass is 16.4. The van der Waals surface area contributed by atoms with Crippen LogP contribution >= 0.6 is 0 Å². The fourth-order valence-corrected chi connectivity index (χ4v) is 1.74. The van der Waals surface area contributed by atoms with Crippen LogP contribution in [0.15, 0.2) is 16.4 Å². The SMILES string of the molecule is CC(=O)N1CC2=C(CC1C(=O)O)[N]C=N2. The van der Waals surface area contributed by atoms with Crippen molar-refractivity contribution in [1.82, 2.24) is 10.2 Å². The number of carbonyl (C=O) groups excluding carboxylic acids is 1. The molecule has 1 atom stereocenters. The number of carboxylic acids is 1. The molecule has 2 aliphatic heterocycles. The van der Waals surface area contributed by atoms with E-state index in [-0.39, 0.29) is 18.9 Å². The first-order valence-electron chi connectivity index (χ1n) is 4.55. The standard InChI is InChI=1S/C9H10N3O3/c1-5(13)12-3-7-6(10-4-11-7)2-8(12)9(14)15/h4,8H,2-3H2,1H3,(H,14,15). The first kappa shape index (κ1) is 9.70. The summed E-state index contributed by atoms with van der Waals surface area (Å²) in [6.45, 7) is 1.60. The zero-order valence-electron chi connectivity index (χ0n) is 8.17. The predicted octanol–water partition coefficient (Wildman–Crippen LogP) is -0.450. The maximum atomic E-state index is 11.3. The summed E-state index contributed by atoms with van der Waals surface area (Å²) in [5, 5.41) is 12.9. The number of carbonyl (C=O) groups is 2. The van der Waals surface area contributed by atoms with Crippen molar-refractivity contribution in [3.05, 3.63) is 11.4 Å². The molecule has 2 rings (SSSR count). The third-order valence-electron chi connectivity index (χ3n) is 2.53. The van der Waals surface area contributed by atoms with Crippen LogP contribution in [-0.4, -0.2) is 40.8 Å². The van der Waals surface area contributed by atoms with E-state index in [0.29, 0.717) is 11.4 Å². The van der Waals surface area contributed by atoms with Gasteiger partial charge in [-0.2, -0.15) is 0 Å². The van der Waals surface area contributed by atoms with Crippen molar-refractivity contribution in [2.24, 2.45) is 4.99 Å². The molecule has 1 radical (unpaired) electrons. The fourth-order valence-electron chi connectivity index (χ4n) is 1.74. The summed E-state index contributed by atoms with van der Waals surface area (Å²) in [7, 11) is 0. The highest BCUT2D eigenvalue weighted by Crippen LogP contribution is 2.25. The number of hydrogen-bond donors (Lipinski definition) is 1. The Bertz CT molecular complexity index is 386. The van der Waals surface area contributed by atoms with E-state index in [1.54, 1.807) is 0 Å². The van der Waals surface area contributed by atoms with Gasteiger partial charge in [-0.05, 0) is 0 Å². The minimum absolute atomic E-state index is 0.238. The molecule has 1 unspecified atom stereocenters. The molecule has 6 heteroatoms. The van der Waals surface area contributed by atoms with E-state index in [4.69, 9.17) is 5.11 Å². The minimum atomic E-state index is -1.00. The third kappa shape index (κ3) is 1.58. The van der Waals surface area contributed by atoms with Gasteiger partial charge in [-0.25, -0.2) is 15.1 Å². The lowest BCUT2D eigenvalue weighted by molar-refractivity contribution is -0.149. The van der Waals surface area contributed by atoms with E-state index in [2.05, 4.69) is 10.3 Å². The van der Waals surface area contributed by atoms with E-state index in [1.807, 2.05) is 0 Å². The molecule has 0 saturated carbocycles. The molecular weight excluding hydrogens is 198 g/mol. The molecule has 1 N–H and O–H groups in total. The van der Waals surface area contributed by atoms with Crippen molar-refractivity contribution in [2.75, 3.05) is 6.54 Å². The second-order valence-corrected chi connectivity index (χ2v) is 3.47. The Balaban J connectivity index is 2.27. The Labute approximate surface area is 86.3 Å².